The molecule has 0 atom stereocenters. The zero-order chi connectivity index (χ0) is 8.43. The van der Waals surface area contributed by atoms with Gasteiger partial charge in [0.25, 0.3) is 0 Å². The zero-order valence-electron chi connectivity index (χ0n) is 7.05. The molecule has 0 radical (unpaired) electrons. The Morgan fingerprint density at radius 2 is 2.18 bits per heavy atom. The maximum Gasteiger partial charge on any atom is 0.0787 e. The quantitative estimate of drug-likeness (QED) is 0.606. The molecule has 0 aromatic rings. The third-order valence-electron chi connectivity index (χ3n) is 2.11. The highest BCUT2D eigenvalue weighted by Crippen LogP contribution is 2.24. The maximum absolute atomic E-state index is 5.80. The van der Waals surface area contributed by atoms with Crippen molar-refractivity contribution < 1.29 is 0 Å². The summed E-state index contributed by atoms with van der Waals surface area (Å²) >= 11 is 5.04. The fraction of sp³-hybridized carbons (Fsp3) is 0.625. The molecule has 0 spiro atoms. The summed E-state index contributed by atoms with van der Waals surface area (Å²) in [6, 6.07) is 0. The van der Waals surface area contributed by atoms with Gasteiger partial charge in [0.2, 0.25) is 0 Å². The standard InChI is InChI=1S/C8H14N2S/c1-6(11)10(2)8-5-3-4-7(8)9/h3-5,9H2,1-2H3. The first kappa shape index (κ1) is 8.53. The third-order valence-corrected chi connectivity index (χ3v) is 2.38. The Morgan fingerprint density at radius 1 is 1.55 bits per heavy atom. The molecule has 62 valence electrons. The van der Waals surface area contributed by atoms with Crippen molar-refractivity contribution in [2.45, 2.75) is 26.2 Å². The first-order chi connectivity index (χ1) is 5.13. The van der Waals surface area contributed by atoms with E-state index in [1.54, 1.807) is 0 Å². The Kier molecular flexibility index (Phi) is 2.49. The average molecular weight is 170 g/mol. The highest BCUT2D eigenvalue weighted by molar-refractivity contribution is 7.80. The van der Waals surface area contributed by atoms with E-state index in [2.05, 4.69) is 0 Å². The van der Waals surface area contributed by atoms with Crippen molar-refractivity contribution in [2.75, 3.05) is 7.05 Å². The predicted octanol–water partition coefficient (Wildman–Crippen LogP) is 1.62. The molecule has 0 aromatic carbocycles. The summed E-state index contributed by atoms with van der Waals surface area (Å²) in [5.74, 6) is 0. The lowest BCUT2D eigenvalue weighted by Crippen LogP contribution is -2.22. The number of nitrogens with two attached hydrogens (primary N) is 1. The minimum Gasteiger partial charge on any atom is -0.401 e. The Bertz CT molecular complexity index is 208. The van der Waals surface area contributed by atoms with Crippen molar-refractivity contribution in [1.29, 1.82) is 0 Å². The van der Waals surface area contributed by atoms with Crippen molar-refractivity contribution in [1.82, 2.24) is 4.90 Å². The fourth-order valence-corrected chi connectivity index (χ4v) is 1.43. The van der Waals surface area contributed by atoms with Crippen LogP contribution < -0.4 is 5.73 Å². The van der Waals surface area contributed by atoms with E-state index in [0.29, 0.717) is 0 Å². The van der Waals surface area contributed by atoms with E-state index in [4.69, 9.17) is 18.0 Å². The van der Waals surface area contributed by atoms with Crippen LogP contribution in [0, 0.1) is 0 Å². The first-order valence-electron chi connectivity index (χ1n) is 3.84. The normalized spacial score (nSPS) is 17.3. The lowest BCUT2D eigenvalue weighted by Gasteiger charge is -2.19. The molecular weight excluding hydrogens is 156 g/mol. The van der Waals surface area contributed by atoms with Gasteiger partial charge in [0.1, 0.15) is 0 Å². The molecule has 1 aliphatic carbocycles. The molecular formula is C8H14N2S. The van der Waals surface area contributed by atoms with Crippen molar-refractivity contribution in [3.05, 3.63) is 11.4 Å². The molecule has 0 unspecified atom stereocenters. The van der Waals surface area contributed by atoms with E-state index in [-0.39, 0.29) is 0 Å². The van der Waals surface area contributed by atoms with Gasteiger partial charge in [0, 0.05) is 18.4 Å². The number of allylic oxidation sites excluding steroid dienone is 2. The second kappa shape index (κ2) is 3.22. The molecule has 2 N–H and O–H groups in total. The van der Waals surface area contributed by atoms with E-state index in [0.717, 1.165) is 23.5 Å². The predicted molar refractivity (Wildman–Crippen MR) is 51.1 cm³/mol. The van der Waals surface area contributed by atoms with Gasteiger partial charge in [0.05, 0.1) is 4.99 Å². The topological polar surface area (TPSA) is 29.3 Å². The molecule has 0 fully saturated rings. The molecule has 0 bridgehead atoms. The highest BCUT2D eigenvalue weighted by Gasteiger charge is 2.15. The summed E-state index contributed by atoms with van der Waals surface area (Å²) in [6.45, 7) is 1.92. The minimum atomic E-state index is 0.893. The highest BCUT2D eigenvalue weighted by atomic mass is 32.1. The molecule has 1 rings (SSSR count). The van der Waals surface area contributed by atoms with Crippen molar-refractivity contribution in [3.63, 3.8) is 0 Å². The van der Waals surface area contributed by atoms with Gasteiger partial charge in [-0.2, -0.15) is 0 Å². The minimum absolute atomic E-state index is 0.893. The van der Waals surface area contributed by atoms with E-state index < -0.39 is 0 Å². The van der Waals surface area contributed by atoms with Crippen LogP contribution in [0.3, 0.4) is 0 Å². The molecule has 0 aliphatic heterocycles. The SMILES string of the molecule is CC(=S)N(C)C1=C(N)CCC1. The number of hydrogen-bond donors (Lipinski definition) is 1. The number of hydrogen-bond acceptors (Lipinski definition) is 2. The number of rotatable bonds is 1. The van der Waals surface area contributed by atoms with Crippen LogP contribution in [0.4, 0.5) is 0 Å². The zero-order valence-corrected chi connectivity index (χ0v) is 7.87. The van der Waals surface area contributed by atoms with Crippen molar-refractivity contribution in [3.8, 4) is 0 Å². The number of thiocarbonyl (C=S) groups is 1. The van der Waals surface area contributed by atoms with Gasteiger partial charge in [-0.05, 0) is 26.2 Å². The Morgan fingerprint density at radius 3 is 2.55 bits per heavy atom. The summed E-state index contributed by atoms with van der Waals surface area (Å²) in [7, 11) is 1.98. The van der Waals surface area contributed by atoms with Crippen molar-refractivity contribution in [2.24, 2.45) is 5.73 Å². The van der Waals surface area contributed by atoms with Crippen LogP contribution in [-0.2, 0) is 0 Å². The van der Waals surface area contributed by atoms with Crippen LogP contribution in [0.5, 0.6) is 0 Å². The van der Waals surface area contributed by atoms with Crippen molar-refractivity contribution >= 4 is 17.2 Å². The van der Waals surface area contributed by atoms with Crippen LogP contribution in [0.2, 0.25) is 0 Å². The largest absolute Gasteiger partial charge is 0.401 e. The smallest absolute Gasteiger partial charge is 0.0787 e. The summed E-state index contributed by atoms with van der Waals surface area (Å²) in [5, 5.41) is 0. The van der Waals surface area contributed by atoms with E-state index in [1.807, 2.05) is 18.9 Å². The average Bonchev–Trinajstić information content (AvgIpc) is 2.33. The Hall–Kier alpha value is -0.570. The Labute approximate surface area is 73.1 Å². The molecule has 1 aliphatic rings. The van der Waals surface area contributed by atoms with Gasteiger partial charge >= 0.3 is 0 Å². The van der Waals surface area contributed by atoms with Gasteiger partial charge in [0.15, 0.2) is 0 Å². The van der Waals surface area contributed by atoms with Gasteiger partial charge in [-0.3, -0.25) is 0 Å². The second-order valence-electron chi connectivity index (χ2n) is 2.90. The lowest BCUT2D eigenvalue weighted by atomic mass is 10.3. The molecule has 3 heteroatoms. The fourth-order valence-electron chi connectivity index (χ4n) is 1.32. The molecule has 0 saturated heterocycles. The first-order valence-corrected chi connectivity index (χ1v) is 4.25. The van der Waals surface area contributed by atoms with Gasteiger partial charge in [-0.1, -0.05) is 12.2 Å². The molecule has 0 aromatic heterocycles. The molecule has 11 heavy (non-hydrogen) atoms. The second-order valence-corrected chi connectivity index (χ2v) is 3.49. The van der Waals surface area contributed by atoms with Crippen LogP contribution in [0.25, 0.3) is 0 Å². The molecule has 0 amide bonds. The Balaban J connectivity index is 2.73. The third kappa shape index (κ3) is 1.71. The van der Waals surface area contributed by atoms with Gasteiger partial charge in [-0.15, -0.1) is 0 Å². The van der Waals surface area contributed by atoms with Gasteiger partial charge in [-0.25, -0.2) is 0 Å². The van der Waals surface area contributed by atoms with Crippen LogP contribution in [-0.4, -0.2) is 16.9 Å². The van der Waals surface area contributed by atoms with E-state index >= 15 is 0 Å². The summed E-state index contributed by atoms with van der Waals surface area (Å²) in [4.78, 5) is 2.90. The van der Waals surface area contributed by atoms with Crippen LogP contribution >= 0.6 is 12.2 Å². The van der Waals surface area contributed by atoms with E-state index in [9.17, 15) is 0 Å². The summed E-state index contributed by atoms with van der Waals surface area (Å²) in [5.41, 5.74) is 8.03. The van der Waals surface area contributed by atoms with E-state index in [1.165, 1.54) is 12.1 Å². The molecule has 2 nitrogen and oxygen atoms in total. The maximum atomic E-state index is 5.80. The van der Waals surface area contributed by atoms with Crippen LogP contribution in [0.1, 0.15) is 26.2 Å². The molecule has 0 heterocycles. The summed E-state index contributed by atoms with van der Waals surface area (Å²) < 4.78 is 0. The van der Waals surface area contributed by atoms with Gasteiger partial charge < -0.3 is 10.6 Å². The number of nitrogens with zero attached hydrogens (tertiary/aromatic N) is 1. The lowest BCUT2D eigenvalue weighted by molar-refractivity contribution is 0.602. The summed E-state index contributed by atoms with van der Waals surface area (Å²) in [6.07, 6.45) is 3.28. The van der Waals surface area contributed by atoms with Crippen LogP contribution in [0.15, 0.2) is 11.4 Å². The molecule has 0 saturated carbocycles. The monoisotopic (exact) mass is 170 g/mol.